The van der Waals surface area contributed by atoms with Gasteiger partial charge >= 0.3 is 0 Å². The Hall–Kier alpha value is -1.60. The molecule has 7 nitrogen and oxygen atoms in total. The molecule has 0 bridgehead atoms. The minimum Gasteiger partial charge on any atom is -0.396 e. The van der Waals surface area contributed by atoms with Gasteiger partial charge in [0.05, 0.1) is 0 Å². The normalized spacial score (nSPS) is 20.4. The molecule has 7 heteroatoms. The predicted molar refractivity (Wildman–Crippen MR) is 66.3 cm³/mol. The average molecular weight is 238 g/mol. The quantitative estimate of drug-likeness (QED) is 0.416. The van der Waals surface area contributed by atoms with Gasteiger partial charge in [0.15, 0.2) is 0 Å². The first-order valence-corrected chi connectivity index (χ1v) is 5.70. The summed E-state index contributed by atoms with van der Waals surface area (Å²) < 4.78 is 0. The zero-order chi connectivity index (χ0) is 12.3. The van der Waals surface area contributed by atoms with E-state index < -0.39 is 0 Å². The Labute approximate surface area is 99.8 Å². The molecule has 0 radical (unpaired) electrons. The highest BCUT2D eigenvalue weighted by atomic mass is 16.3. The van der Waals surface area contributed by atoms with Gasteiger partial charge in [-0.15, -0.1) is 0 Å². The SMILES string of the molecule is NNc1cc(N2CCCC(CO)C2)nc(N)n1. The van der Waals surface area contributed by atoms with E-state index in [-0.39, 0.29) is 12.6 Å². The maximum atomic E-state index is 9.19. The summed E-state index contributed by atoms with van der Waals surface area (Å²) in [4.78, 5) is 10.2. The molecule has 1 atom stereocenters. The number of nitrogen functional groups attached to an aromatic ring is 2. The lowest BCUT2D eigenvalue weighted by molar-refractivity contribution is 0.208. The van der Waals surface area contributed by atoms with Crippen molar-refractivity contribution >= 4 is 17.6 Å². The van der Waals surface area contributed by atoms with Crippen LogP contribution in [-0.4, -0.2) is 34.8 Å². The Morgan fingerprint density at radius 2 is 2.35 bits per heavy atom. The van der Waals surface area contributed by atoms with E-state index in [4.69, 9.17) is 11.6 Å². The van der Waals surface area contributed by atoms with E-state index >= 15 is 0 Å². The Balaban J connectivity index is 2.18. The van der Waals surface area contributed by atoms with E-state index in [0.29, 0.717) is 11.7 Å². The molecule has 2 heterocycles. The van der Waals surface area contributed by atoms with Gasteiger partial charge in [-0.3, -0.25) is 0 Å². The molecule has 0 saturated carbocycles. The molecule has 1 unspecified atom stereocenters. The van der Waals surface area contributed by atoms with Crippen LogP contribution in [0.5, 0.6) is 0 Å². The predicted octanol–water partition coefficient (Wildman–Crippen LogP) is -0.447. The topological polar surface area (TPSA) is 113 Å². The van der Waals surface area contributed by atoms with Gasteiger partial charge in [-0.25, -0.2) is 5.84 Å². The standard InChI is InChI=1S/C10H18N6O/c11-10-13-8(15-12)4-9(14-10)16-3-1-2-7(5-16)6-17/h4,7,17H,1-3,5-6,12H2,(H3,11,13,14,15). The summed E-state index contributed by atoms with van der Waals surface area (Å²) >= 11 is 0. The average Bonchev–Trinajstić information content (AvgIpc) is 2.38. The maximum Gasteiger partial charge on any atom is 0.223 e. The van der Waals surface area contributed by atoms with Gasteiger partial charge in [0.2, 0.25) is 5.95 Å². The van der Waals surface area contributed by atoms with Crippen molar-refractivity contribution in [1.29, 1.82) is 0 Å². The summed E-state index contributed by atoms with van der Waals surface area (Å²) in [6.07, 6.45) is 2.09. The van der Waals surface area contributed by atoms with E-state index in [0.717, 1.165) is 31.7 Å². The number of hydrazine groups is 1. The van der Waals surface area contributed by atoms with Crippen molar-refractivity contribution in [3.05, 3.63) is 6.07 Å². The number of rotatable bonds is 3. The first-order valence-electron chi connectivity index (χ1n) is 5.70. The number of nitrogens with zero attached hydrogens (tertiary/aromatic N) is 3. The van der Waals surface area contributed by atoms with Crippen LogP contribution < -0.4 is 21.9 Å². The fourth-order valence-electron chi connectivity index (χ4n) is 2.11. The minimum absolute atomic E-state index is 0.196. The molecule has 1 saturated heterocycles. The Morgan fingerprint density at radius 1 is 1.53 bits per heavy atom. The maximum absolute atomic E-state index is 9.19. The van der Waals surface area contributed by atoms with Crippen molar-refractivity contribution < 1.29 is 5.11 Å². The minimum atomic E-state index is 0.196. The summed E-state index contributed by atoms with van der Waals surface area (Å²) in [5.41, 5.74) is 8.08. The van der Waals surface area contributed by atoms with E-state index in [1.54, 1.807) is 6.07 Å². The van der Waals surface area contributed by atoms with Gasteiger partial charge in [-0.1, -0.05) is 0 Å². The second kappa shape index (κ2) is 5.15. The third-order valence-electron chi connectivity index (χ3n) is 2.98. The summed E-state index contributed by atoms with van der Waals surface area (Å²) in [6, 6.07) is 1.76. The van der Waals surface area contributed by atoms with Crippen LogP contribution in [0.25, 0.3) is 0 Å². The van der Waals surface area contributed by atoms with Crippen LogP contribution in [-0.2, 0) is 0 Å². The number of aromatic nitrogens is 2. The lowest BCUT2D eigenvalue weighted by Gasteiger charge is -2.32. The molecular weight excluding hydrogens is 220 g/mol. The first-order chi connectivity index (χ1) is 8.22. The Kier molecular flexibility index (Phi) is 3.60. The second-order valence-electron chi connectivity index (χ2n) is 4.25. The van der Waals surface area contributed by atoms with Gasteiger partial charge in [-0.2, -0.15) is 9.97 Å². The fraction of sp³-hybridized carbons (Fsp3) is 0.600. The molecule has 1 aromatic rings. The third kappa shape index (κ3) is 2.75. The molecule has 17 heavy (non-hydrogen) atoms. The van der Waals surface area contributed by atoms with Gasteiger partial charge in [0, 0.05) is 25.8 Å². The number of hydrogen-bond acceptors (Lipinski definition) is 7. The highest BCUT2D eigenvalue weighted by Crippen LogP contribution is 2.23. The number of hydrogen-bond donors (Lipinski definition) is 4. The molecule has 2 rings (SSSR count). The van der Waals surface area contributed by atoms with Crippen molar-refractivity contribution in [2.24, 2.45) is 11.8 Å². The summed E-state index contributed by atoms with van der Waals surface area (Å²) in [6.45, 7) is 1.91. The van der Waals surface area contributed by atoms with Gasteiger partial charge < -0.3 is 21.2 Å². The van der Waals surface area contributed by atoms with E-state index in [1.165, 1.54) is 0 Å². The Morgan fingerprint density at radius 3 is 3.06 bits per heavy atom. The van der Waals surface area contributed by atoms with Crippen molar-refractivity contribution in [3.63, 3.8) is 0 Å². The van der Waals surface area contributed by atoms with E-state index in [9.17, 15) is 5.11 Å². The largest absolute Gasteiger partial charge is 0.396 e. The van der Waals surface area contributed by atoms with Crippen LogP contribution in [0, 0.1) is 5.92 Å². The number of nitrogens with one attached hydrogen (secondary N) is 1. The summed E-state index contributed by atoms with van der Waals surface area (Å²) in [5.74, 6) is 7.06. The number of aliphatic hydroxyl groups is 1. The van der Waals surface area contributed by atoms with Crippen molar-refractivity contribution in [2.75, 3.05) is 35.8 Å². The van der Waals surface area contributed by atoms with Crippen molar-refractivity contribution in [3.8, 4) is 0 Å². The molecule has 1 aliphatic rings. The molecular formula is C10H18N6O. The molecule has 0 amide bonds. The van der Waals surface area contributed by atoms with Crippen LogP contribution >= 0.6 is 0 Å². The molecule has 94 valence electrons. The summed E-state index contributed by atoms with van der Waals surface area (Å²) in [7, 11) is 0. The highest BCUT2D eigenvalue weighted by Gasteiger charge is 2.20. The zero-order valence-electron chi connectivity index (χ0n) is 9.63. The molecule has 1 aliphatic heterocycles. The number of anilines is 3. The van der Waals surface area contributed by atoms with Crippen LogP contribution in [0.2, 0.25) is 0 Å². The fourth-order valence-corrected chi connectivity index (χ4v) is 2.11. The van der Waals surface area contributed by atoms with Gasteiger partial charge in [-0.05, 0) is 18.8 Å². The zero-order valence-corrected chi connectivity index (χ0v) is 9.63. The second-order valence-corrected chi connectivity index (χ2v) is 4.25. The van der Waals surface area contributed by atoms with E-state index in [2.05, 4.69) is 20.3 Å². The highest BCUT2D eigenvalue weighted by molar-refractivity contribution is 5.52. The van der Waals surface area contributed by atoms with Crippen LogP contribution in [0.3, 0.4) is 0 Å². The molecule has 0 spiro atoms. The molecule has 1 aromatic heterocycles. The van der Waals surface area contributed by atoms with Crippen LogP contribution in [0.15, 0.2) is 6.07 Å². The van der Waals surface area contributed by atoms with Crippen molar-refractivity contribution in [1.82, 2.24) is 9.97 Å². The summed E-state index contributed by atoms with van der Waals surface area (Å²) in [5, 5.41) is 9.19. The Bertz CT molecular complexity index is 385. The first kappa shape index (κ1) is 11.9. The lowest BCUT2D eigenvalue weighted by atomic mass is 9.99. The molecule has 0 aromatic carbocycles. The lowest BCUT2D eigenvalue weighted by Crippen LogP contribution is -2.37. The monoisotopic (exact) mass is 238 g/mol. The number of aliphatic hydroxyl groups excluding tert-OH is 1. The third-order valence-corrected chi connectivity index (χ3v) is 2.98. The van der Waals surface area contributed by atoms with Gasteiger partial charge in [0.1, 0.15) is 11.6 Å². The molecule has 6 N–H and O–H groups in total. The smallest absolute Gasteiger partial charge is 0.223 e. The number of piperidine rings is 1. The van der Waals surface area contributed by atoms with Crippen molar-refractivity contribution in [2.45, 2.75) is 12.8 Å². The van der Waals surface area contributed by atoms with E-state index in [1.807, 2.05) is 0 Å². The van der Waals surface area contributed by atoms with Crippen LogP contribution in [0.4, 0.5) is 17.6 Å². The molecule has 1 fully saturated rings. The molecule has 0 aliphatic carbocycles. The van der Waals surface area contributed by atoms with Crippen LogP contribution in [0.1, 0.15) is 12.8 Å². The van der Waals surface area contributed by atoms with Gasteiger partial charge in [0.25, 0.3) is 0 Å². The number of nitrogens with two attached hydrogens (primary N) is 2.